The van der Waals surface area contributed by atoms with Crippen LogP contribution in [-0.4, -0.2) is 39.9 Å². The first-order valence-electron chi connectivity index (χ1n) is 4.85. The van der Waals surface area contributed by atoms with Crippen molar-refractivity contribution < 1.29 is 14.3 Å². The lowest BCUT2D eigenvalue weighted by Gasteiger charge is -1.99. The van der Waals surface area contributed by atoms with Crippen LogP contribution < -0.4 is 5.32 Å². The lowest BCUT2D eigenvalue weighted by Crippen LogP contribution is -2.26. The SMILES string of the molecule is COC/C=C\C/C=C\CNC(=O)COC. The van der Waals surface area contributed by atoms with E-state index in [0.717, 1.165) is 6.42 Å². The van der Waals surface area contributed by atoms with Gasteiger partial charge in [-0.1, -0.05) is 24.3 Å². The molecule has 1 N–H and O–H groups in total. The number of ether oxygens (including phenoxy) is 2. The predicted molar refractivity (Wildman–Crippen MR) is 59.7 cm³/mol. The van der Waals surface area contributed by atoms with Gasteiger partial charge in [0.15, 0.2) is 0 Å². The molecule has 0 unspecified atom stereocenters. The Hall–Kier alpha value is -1.13. The summed E-state index contributed by atoms with van der Waals surface area (Å²) < 4.78 is 9.51. The highest BCUT2D eigenvalue weighted by Gasteiger charge is 1.94. The van der Waals surface area contributed by atoms with Gasteiger partial charge in [0.05, 0.1) is 6.61 Å². The number of carbonyl (C=O) groups excluding carboxylic acids is 1. The molecule has 0 aromatic rings. The van der Waals surface area contributed by atoms with E-state index in [0.29, 0.717) is 13.2 Å². The van der Waals surface area contributed by atoms with Crippen molar-refractivity contribution >= 4 is 5.91 Å². The molecule has 0 aliphatic carbocycles. The molecule has 0 heterocycles. The van der Waals surface area contributed by atoms with Gasteiger partial charge < -0.3 is 14.8 Å². The molecule has 0 atom stereocenters. The molecule has 0 spiro atoms. The molecule has 4 nitrogen and oxygen atoms in total. The zero-order valence-corrected chi connectivity index (χ0v) is 9.36. The lowest BCUT2D eigenvalue weighted by molar-refractivity contribution is -0.124. The summed E-state index contributed by atoms with van der Waals surface area (Å²) in [7, 11) is 3.15. The standard InChI is InChI=1S/C11H19NO3/c1-14-9-7-5-3-4-6-8-12-11(13)10-15-2/h4-7H,3,8-10H2,1-2H3,(H,12,13)/b6-4-,7-5-. The number of hydrogen-bond acceptors (Lipinski definition) is 3. The molecule has 0 bridgehead atoms. The minimum Gasteiger partial charge on any atom is -0.381 e. The molecular weight excluding hydrogens is 194 g/mol. The Labute approximate surface area is 90.9 Å². The van der Waals surface area contributed by atoms with Crippen LogP contribution in [0.4, 0.5) is 0 Å². The van der Waals surface area contributed by atoms with Gasteiger partial charge in [-0.2, -0.15) is 0 Å². The largest absolute Gasteiger partial charge is 0.381 e. The van der Waals surface area contributed by atoms with Gasteiger partial charge in [-0.15, -0.1) is 0 Å². The second kappa shape index (κ2) is 10.9. The van der Waals surface area contributed by atoms with E-state index in [1.807, 2.05) is 24.3 Å². The van der Waals surface area contributed by atoms with Crippen molar-refractivity contribution in [3.63, 3.8) is 0 Å². The highest BCUT2D eigenvalue weighted by Crippen LogP contribution is 1.85. The summed E-state index contributed by atoms with van der Waals surface area (Å²) in [4.78, 5) is 10.9. The molecule has 0 saturated heterocycles. The second-order valence-electron chi connectivity index (χ2n) is 2.87. The molecular formula is C11H19NO3. The van der Waals surface area contributed by atoms with Crippen molar-refractivity contribution in [2.75, 3.05) is 34.0 Å². The summed E-state index contributed by atoms with van der Waals surface area (Å²) in [5.74, 6) is -0.0999. The second-order valence-corrected chi connectivity index (χ2v) is 2.87. The van der Waals surface area contributed by atoms with Crippen LogP contribution in [0, 0.1) is 0 Å². The Morgan fingerprint density at radius 2 is 1.87 bits per heavy atom. The van der Waals surface area contributed by atoms with Crippen molar-refractivity contribution in [1.29, 1.82) is 0 Å². The van der Waals surface area contributed by atoms with Gasteiger partial charge in [0.2, 0.25) is 5.91 Å². The Kier molecular flexibility index (Phi) is 10.1. The van der Waals surface area contributed by atoms with E-state index in [4.69, 9.17) is 4.74 Å². The van der Waals surface area contributed by atoms with Crippen molar-refractivity contribution in [3.05, 3.63) is 24.3 Å². The van der Waals surface area contributed by atoms with Gasteiger partial charge in [0, 0.05) is 20.8 Å². The maximum Gasteiger partial charge on any atom is 0.246 e. The number of hydrogen-bond donors (Lipinski definition) is 1. The molecule has 0 aromatic carbocycles. The van der Waals surface area contributed by atoms with Gasteiger partial charge in [-0.3, -0.25) is 4.79 Å². The van der Waals surface area contributed by atoms with E-state index in [-0.39, 0.29) is 12.5 Å². The highest BCUT2D eigenvalue weighted by atomic mass is 16.5. The molecule has 0 aliphatic heterocycles. The Balaban J connectivity index is 3.35. The van der Waals surface area contributed by atoms with Crippen molar-refractivity contribution in [3.8, 4) is 0 Å². The van der Waals surface area contributed by atoms with Crippen LogP contribution in [0.1, 0.15) is 6.42 Å². The number of rotatable bonds is 8. The van der Waals surface area contributed by atoms with Gasteiger partial charge >= 0.3 is 0 Å². The van der Waals surface area contributed by atoms with Crippen LogP contribution in [0.2, 0.25) is 0 Å². The molecule has 0 aromatic heterocycles. The fourth-order valence-corrected chi connectivity index (χ4v) is 0.874. The first-order chi connectivity index (χ1) is 7.31. The van der Waals surface area contributed by atoms with Crippen LogP contribution in [0.5, 0.6) is 0 Å². The Bertz CT molecular complexity index is 212. The normalized spacial score (nSPS) is 11.3. The topological polar surface area (TPSA) is 47.6 Å². The molecule has 0 aliphatic rings. The van der Waals surface area contributed by atoms with Crippen molar-refractivity contribution in [2.24, 2.45) is 0 Å². The first-order valence-corrected chi connectivity index (χ1v) is 4.85. The third kappa shape index (κ3) is 10.8. The minimum atomic E-state index is -0.0999. The fourth-order valence-electron chi connectivity index (χ4n) is 0.874. The van der Waals surface area contributed by atoms with Crippen LogP contribution in [0.25, 0.3) is 0 Å². The van der Waals surface area contributed by atoms with E-state index in [2.05, 4.69) is 10.1 Å². The molecule has 86 valence electrons. The van der Waals surface area contributed by atoms with Crippen LogP contribution in [0.3, 0.4) is 0 Å². The first kappa shape index (κ1) is 13.9. The third-order valence-corrected chi connectivity index (χ3v) is 1.56. The predicted octanol–water partition coefficient (Wildman–Crippen LogP) is 0.898. The van der Waals surface area contributed by atoms with Crippen LogP contribution in [0.15, 0.2) is 24.3 Å². The Morgan fingerprint density at radius 1 is 1.13 bits per heavy atom. The highest BCUT2D eigenvalue weighted by molar-refractivity contribution is 5.77. The van der Waals surface area contributed by atoms with Gasteiger partial charge in [0.25, 0.3) is 0 Å². The van der Waals surface area contributed by atoms with Crippen LogP contribution in [-0.2, 0) is 14.3 Å². The number of allylic oxidation sites excluding steroid dienone is 2. The van der Waals surface area contributed by atoms with Gasteiger partial charge in [0.1, 0.15) is 6.61 Å². The maximum absolute atomic E-state index is 10.9. The van der Waals surface area contributed by atoms with Crippen LogP contribution >= 0.6 is 0 Å². The summed E-state index contributed by atoms with van der Waals surface area (Å²) in [6.45, 7) is 1.29. The lowest BCUT2D eigenvalue weighted by atomic mass is 10.3. The number of carbonyl (C=O) groups is 1. The average molecular weight is 213 g/mol. The molecule has 4 heteroatoms. The minimum absolute atomic E-state index is 0.0999. The zero-order chi connectivity index (χ0) is 11.4. The number of amides is 1. The monoisotopic (exact) mass is 213 g/mol. The number of methoxy groups -OCH3 is 2. The van der Waals surface area contributed by atoms with E-state index >= 15 is 0 Å². The zero-order valence-electron chi connectivity index (χ0n) is 9.36. The molecule has 0 saturated carbocycles. The van der Waals surface area contributed by atoms with E-state index in [9.17, 15) is 4.79 Å². The van der Waals surface area contributed by atoms with E-state index in [1.165, 1.54) is 7.11 Å². The van der Waals surface area contributed by atoms with E-state index in [1.54, 1.807) is 7.11 Å². The maximum atomic E-state index is 10.9. The molecule has 1 amide bonds. The summed E-state index contributed by atoms with van der Waals surface area (Å²) in [5.41, 5.74) is 0. The van der Waals surface area contributed by atoms with Crippen molar-refractivity contribution in [1.82, 2.24) is 5.32 Å². The third-order valence-electron chi connectivity index (χ3n) is 1.56. The Morgan fingerprint density at radius 3 is 2.53 bits per heavy atom. The van der Waals surface area contributed by atoms with Gasteiger partial charge in [-0.25, -0.2) is 0 Å². The quantitative estimate of drug-likeness (QED) is 0.609. The van der Waals surface area contributed by atoms with Crippen molar-refractivity contribution in [2.45, 2.75) is 6.42 Å². The summed E-state index contributed by atoms with van der Waals surface area (Å²) in [5, 5.41) is 2.69. The fraction of sp³-hybridized carbons (Fsp3) is 0.545. The molecule has 0 fully saturated rings. The number of nitrogens with one attached hydrogen (secondary N) is 1. The molecule has 0 rings (SSSR count). The smallest absolute Gasteiger partial charge is 0.246 e. The molecule has 0 radical (unpaired) electrons. The molecule has 15 heavy (non-hydrogen) atoms. The van der Waals surface area contributed by atoms with E-state index < -0.39 is 0 Å². The average Bonchev–Trinajstić information content (AvgIpc) is 2.22. The summed E-state index contributed by atoms with van der Waals surface area (Å²) in [6, 6.07) is 0. The summed E-state index contributed by atoms with van der Waals surface area (Å²) in [6.07, 6.45) is 8.71. The summed E-state index contributed by atoms with van der Waals surface area (Å²) >= 11 is 0. The van der Waals surface area contributed by atoms with Gasteiger partial charge in [-0.05, 0) is 6.42 Å².